The summed E-state index contributed by atoms with van der Waals surface area (Å²) in [6.45, 7) is 4.56. The van der Waals surface area contributed by atoms with Gasteiger partial charge >= 0.3 is 0 Å². The Hall–Kier alpha value is -2.82. The van der Waals surface area contributed by atoms with Crippen molar-refractivity contribution in [3.05, 3.63) is 53.7 Å². The molecular formula is C18H21N3O2. The number of hydrogen-bond donors (Lipinski definition) is 2. The number of aromatic nitrogens is 1. The van der Waals surface area contributed by atoms with Gasteiger partial charge in [0.15, 0.2) is 0 Å². The van der Waals surface area contributed by atoms with Crippen LogP contribution in [0.1, 0.15) is 24.5 Å². The lowest BCUT2D eigenvalue weighted by atomic mass is 10.1. The Morgan fingerprint density at radius 3 is 2.91 bits per heavy atom. The number of nitrogens with two attached hydrogens (primary N) is 1. The van der Waals surface area contributed by atoms with E-state index in [0.29, 0.717) is 23.9 Å². The van der Waals surface area contributed by atoms with Crippen molar-refractivity contribution in [3.8, 4) is 5.75 Å². The number of amides is 1. The van der Waals surface area contributed by atoms with E-state index in [1.165, 1.54) is 6.08 Å². The third-order valence-electron chi connectivity index (χ3n) is 3.17. The van der Waals surface area contributed by atoms with Crippen LogP contribution in [0.3, 0.4) is 0 Å². The Kier molecular flexibility index (Phi) is 5.74. The molecule has 5 heteroatoms. The fraction of sp³-hybridized carbons (Fsp3) is 0.222. The minimum Gasteiger partial charge on any atom is -0.491 e. The molecule has 5 nitrogen and oxygen atoms in total. The van der Waals surface area contributed by atoms with Crippen LogP contribution >= 0.6 is 0 Å². The van der Waals surface area contributed by atoms with E-state index in [4.69, 9.17) is 10.5 Å². The summed E-state index contributed by atoms with van der Waals surface area (Å²) in [5.41, 5.74) is 8.25. The molecule has 0 unspecified atom stereocenters. The van der Waals surface area contributed by atoms with Crippen molar-refractivity contribution < 1.29 is 9.53 Å². The van der Waals surface area contributed by atoms with Gasteiger partial charge in [-0.2, -0.15) is 0 Å². The molecule has 2 aromatic rings. The molecular weight excluding hydrogens is 290 g/mol. The number of carbonyl (C=O) groups is 1. The fourth-order valence-corrected chi connectivity index (χ4v) is 1.96. The largest absolute Gasteiger partial charge is 0.491 e. The standard InChI is InChI=1S/C18H21N3O2/c1-3-11-23-16-8-6-14(12-15(16)19)7-9-17(22)21-18-13(2)5-4-10-20-18/h4-10,12H,3,11,19H2,1-2H3,(H,20,21,22)/b9-7-. The quantitative estimate of drug-likeness (QED) is 0.633. The highest BCUT2D eigenvalue weighted by molar-refractivity contribution is 6.01. The van der Waals surface area contributed by atoms with Crippen molar-refractivity contribution in [3.63, 3.8) is 0 Å². The normalized spacial score (nSPS) is 10.7. The first kappa shape index (κ1) is 16.5. The van der Waals surface area contributed by atoms with E-state index in [9.17, 15) is 4.79 Å². The lowest BCUT2D eigenvalue weighted by molar-refractivity contribution is -0.111. The average molecular weight is 311 g/mol. The fourth-order valence-electron chi connectivity index (χ4n) is 1.96. The zero-order chi connectivity index (χ0) is 16.7. The summed E-state index contributed by atoms with van der Waals surface area (Å²) in [4.78, 5) is 16.1. The number of anilines is 2. The Morgan fingerprint density at radius 2 is 2.22 bits per heavy atom. The molecule has 0 radical (unpaired) electrons. The molecule has 1 aromatic heterocycles. The maximum Gasteiger partial charge on any atom is 0.249 e. The first-order chi connectivity index (χ1) is 11.1. The van der Waals surface area contributed by atoms with Gasteiger partial charge in [0, 0.05) is 12.3 Å². The smallest absolute Gasteiger partial charge is 0.249 e. The van der Waals surface area contributed by atoms with Gasteiger partial charge in [0.2, 0.25) is 5.91 Å². The zero-order valence-corrected chi connectivity index (χ0v) is 13.4. The minimum absolute atomic E-state index is 0.239. The Bertz CT molecular complexity index is 711. The minimum atomic E-state index is -0.239. The highest BCUT2D eigenvalue weighted by atomic mass is 16.5. The monoisotopic (exact) mass is 311 g/mol. The molecule has 0 saturated carbocycles. The average Bonchev–Trinajstić information content (AvgIpc) is 2.54. The summed E-state index contributed by atoms with van der Waals surface area (Å²) in [6, 6.07) is 9.16. The van der Waals surface area contributed by atoms with Crippen molar-refractivity contribution >= 4 is 23.5 Å². The molecule has 2 rings (SSSR count). The summed E-state index contributed by atoms with van der Waals surface area (Å²) in [6.07, 6.45) is 5.72. The second-order valence-corrected chi connectivity index (χ2v) is 5.14. The number of benzene rings is 1. The number of hydrogen-bond acceptors (Lipinski definition) is 4. The first-order valence-electron chi connectivity index (χ1n) is 7.53. The van der Waals surface area contributed by atoms with Gasteiger partial charge in [-0.3, -0.25) is 4.79 Å². The van der Waals surface area contributed by atoms with E-state index < -0.39 is 0 Å². The second-order valence-electron chi connectivity index (χ2n) is 5.14. The van der Waals surface area contributed by atoms with Crippen LogP contribution in [0.25, 0.3) is 6.08 Å². The van der Waals surface area contributed by atoms with Crippen LogP contribution in [0.5, 0.6) is 5.75 Å². The molecule has 0 fully saturated rings. The molecule has 0 spiro atoms. The number of nitrogens with zero attached hydrogens (tertiary/aromatic N) is 1. The maximum atomic E-state index is 11.9. The van der Waals surface area contributed by atoms with Gasteiger partial charge in [0.05, 0.1) is 12.3 Å². The molecule has 1 heterocycles. The lowest BCUT2D eigenvalue weighted by Crippen LogP contribution is -2.10. The van der Waals surface area contributed by atoms with Gasteiger partial charge in [-0.25, -0.2) is 4.98 Å². The lowest BCUT2D eigenvalue weighted by Gasteiger charge is -2.08. The highest BCUT2D eigenvalue weighted by Gasteiger charge is 2.03. The van der Waals surface area contributed by atoms with E-state index in [1.54, 1.807) is 18.3 Å². The van der Waals surface area contributed by atoms with Crippen molar-refractivity contribution in [2.75, 3.05) is 17.7 Å². The molecule has 0 atom stereocenters. The van der Waals surface area contributed by atoms with Crippen molar-refractivity contribution in [2.45, 2.75) is 20.3 Å². The van der Waals surface area contributed by atoms with Crippen LogP contribution in [0.15, 0.2) is 42.6 Å². The van der Waals surface area contributed by atoms with Gasteiger partial charge in [0.25, 0.3) is 0 Å². The van der Waals surface area contributed by atoms with Crippen molar-refractivity contribution in [2.24, 2.45) is 0 Å². The number of rotatable bonds is 6. The third kappa shape index (κ3) is 4.85. The molecule has 0 bridgehead atoms. The van der Waals surface area contributed by atoms with Gasteiger partial charge in [-0.15, -0.1) is 0 Å². The van der Waals surface area contributed by atoms with Crippen LogP contribution in [0.4, 0.5) is 11.5 Å². The van der Waals surface area contributed by atoms with E-state index >= 15 is 0 Å². The predicted octanol–water partition coefficient (Wildman–Crippen LogP) is 3.41. The predicted molar refractivity (Wildman–Crippen MR) is 93.3 cm³/mol. The Balaban J connectivity index is 2.01. The molecule has 0 aliphatic carbocycles. The van der Waals surface area contributed by atoms with E-state index in [1.807, 2.05) is 38.1 Å². The van der Waals surface area contributed by atoms with Crippen LogP contribution in [-0.2, 0) is 4.79 Å². The molecule has 1 amide bonds. The van der Waals surface area contributed by atoms with E-state index in [-0.39, 0.29) is 5.91 Å². The SMILES string of the molecule is CCCOc1ccc(/C=C\C(=O)Nc2ncccc2C)cc1N. The number of nitrogens with one attached hydrogen (secondary N) is 1. The van der Waals surface area contributed by atoms with Crippen LogP contribution < -0.4 is 15.8 Å². The number of carbonyl (C=O) groups excluding carboxylic acids is 1. The van der Waals surface area contributed by atoms with E-state index in [0.717, 1.165) is 17.5 Å². The topological polar surface area (TPSA) is 77.2 Å². The molecule has 3 N–H and O–H groups in total. The van der Waals surface area contributed by atoms with Gasteiger partial charge in [-0.1, -0.05) is 19.1 Å². The van der Waals surface area contributed by atoms with Crippen LogP contribution in [0.2, 0.25) is 0 Å². The van der Waals surface area contributed by atoms with Crippen LogP contribution in [0, 0.1) is 6.92 Å². The molecule has 120 valence electrons. The van der Waals surface area contributed by atoms with Crippen molar-refractivity contribution in [1.82, 2.24) is 4.98 Å². The van der Waals surface area contributed by atoms with Crippen molar-refractivity contribution in [1.29, 1.82) is 0 Å². The molecule has 23 heavy (non-hydrogen) atoms. The summed E-state index contributed by atoms with van der Waals surface area (Å²) in [7, 11) is 0. The van der Waals surface area contributed by atoms with Crippen LogP contribution in [-0.4, -0.2) is 17.5 Å². The number of pyridine rings is 1. The Morgan fingerprint density at radius 1 is 1.39 bits per heavy atom. The van der Waals surface area contributed by atoms with Gasteiger partial charge in [0.1, 0.15) is 11.6 Å². The first-order valence-corrected chi connectivity index (χ1v) is 7.53. The second kappa shape index (κ2) is 7.98. The third-order valence-corrected chi connectivity index (χ3v) is 3.17. The Labute approximate surface area is 136 Å². The van der Waals surface area contributed by atoms with Gasteiger partial charge < -0.3 is 15.8 Å². The summed E-state index contributed by atoms with van der Waals surface area (Å²) < 4.78 is 5.52. The number of aryl methyl sites for hydroxylation is 1. The number of ether oxygens (including phenoxy) is 1. The number of nitrogen functional groups attached to an aromatic ring is 1. The molecule has 1 aromatic carbocycles. The zero-order valence-electron chi connectivity index (χ0n) is 13.4. The summed E-state index contributed by atoms with van der Waals surface area (Å²) in [5.74, 6) is 0.985. The van der Waals surface area contributed by atoms with E-state index in [2.05, 4.69) is 10.3 Å². The van der Waals surface area contributed by atoms with Gasteiger partial charge in [-0.05, 0) is 48.7 Å². The molecule has 0 saturated heterocycles. The highest BCUT2D eigenvalue weighted by Crippen LogP contribution is 2.23. The maximum absolute atomic E-state index is 11.9. The molecule has 0 aliphatic rings. The summed E-state index contributed by atoms with van der Waals surface area (Å²) in [5, 5.41) is 2.74. The molecule has 0 aliphatic heterocycles. The summed E-state index contributed by atoms with van der Waals surface area (Å²) >= 11 is 0.